The normalized spacial score (nSPS) is 13.8. The predicted molar refractivity (Wildman–Crippen MR) is 98.5 cm³/mol. The first kappa shape index (κ1) is 18.3. The van der Waals surface area contributed by atoms with Gasteiger partial charge in [0.05, 0.1) is 23.9 Å². The second-order valence-electron chi connectivity index (χ2n) is 5.37. The fourth-order valence-corrected chi connectivity index (χ4v) is 2.74. The van der Waals surface area contributed by atoms with Crippen molar-refractivity contribution in [2.75, 3.05) is 18.5 Å². The number of halogens is 2. The van der Waals surface area contributed by atoms with Crippen LogP contribution in [0.15, 0.2) is 54.2 Å². The molecular formula is C18H14Cl2N2O4. The fraction of sp³-hybridized carbons (Fsp3) is 0.111. The van der Waals surface area contributed by atoms with E-state index in [9.17, 15) is 9.59 Å². The average Bonchev–Trinajstić information content (AvgIpc) is 2.87. The highest BCUT2D eigenvalue weighted by atomic mass is 35.5. The number of nitrogens with one attached hydrogen (secondary N) is 1. The number of para-hydroxylation sites is 1. The van der Waals surface area contributed by atoms with Crippen LogP contribution in [-0.2, 0) is 9.59 Å². The molecule has 8 heteroatoms. The summed E-state index contributed by atoms with van der Waals surface area (Å²) in [5.41, 5.74) is 0.463. The van der Waals surface area contributed by atoms with Gasteiger partial charge in [-0.05, 0) is 30.3 Å². The summed E-state index contributed by atoms with van der Waals surface area (Å²) < 4.78 is 5.81. The molecule has 0 radical (unpaired) electrons. The summed E-state index contributed by atoms with van der Waals surface area (Å²) in [4.78, 5) is 25.1. The molecule has 0 saturated heterocycles. The van der Waals surface area contributed by atoms with Crippen molar-refractivity contribution in [3.63, 3.8) is 0 Å². The predicted octanol–water partition coefficient (Wildman–Crippen LogP) is 3.44. The molecule has 0 spiro atoms. The quantitative estimate of drug-likeness (QED) is 0.736. The first-order valence-corrected chi connectivity index (χ1v) is 8.42. The van der Waals surface area contributed by atoms with Crippen LogP contribution in [-0.4, -0.2) is 35.0 Å². The Labute approximate surface area is 159 Å². The van der Waals surface area contributed by atoms with Gasteiger partial charge in [-0.1, -0.05) is 35.3 Å². The Bertz CT molecular complexity index is 899. The number of ether oxygens (including phenoxy) is 1. The van der Waals surface area contributed by atoms with Gasteiger partial charge in [-0.15, -0.1) is 0 Å². The second kappa shape index (κ2) is 7.78. The number of imide groups is 1. The Morgan fingerprint density at radius 3 is 2.58 bits per heavy atom. The summed E-state index contributed by atoms with van der Waals surface area (Å²) >= 11 is 12.2. The molecule has 1 aliphatic rings. The lowest BCUT2D eigenvalue weighted by Crippen LogP contribution is -2.34. The van der Waals surface area contributed by atoms with Crippen molar-refractivity contribution < 1.29 is 19.4 Å². The molecule has 134 valence electrons. The number of anilines is 1. The van der Waals surface area contributed by atoms with Gasteiger partial charge in [0.1, 0.15) is 11.4 Å². The molecule has 3 rings (SSSR count). The molecule has 0 bridgehead atoms. The van der Waals surface area contributed by atoms with Gasteiger partial charge in [0.2, 0.25) is 0 Å². The number of aliphatic hydroxyl groups is 1. The average molecular weight is 393 g/mol. The van der Waals surface area contributed by atoms with E-state index < -0.39 is 11.8 Å². The maximum absolute atomic E-state index is 12.3. The van der Waals surface area contributed by atoms with Gasteiger partial charge in [0, 0.05) is 11.1 Å². The highest BCUT2D eigenvalue weighted by molar-refractivity contribution is 6.32. The molecule has 0 aromatic heterocycles. The molecule has 1 aliphatic heterocycles. The lowest BCUT2D eigenvalue weighted by Gasteiger charge is -2.16. The monoisotopic (exact) mass is 392 g/mol. The van der Waals surface area contributed by atoms with Gasteiger partial charge < -0.3 is 15.2 Å². The first-order chi connectivity index (χ1) is 12.5. The molecular weight excluding hydrogens is 379 g/mol. The van der Waals surface area contributed by atoms with Crippen LogP contribution in [0.4, 0.5) is 5.69 Å². The second-order valence-corrected chi connectivity index (χ2v) is 6.22. The van der Waals surface area contributed by atoms with E-state index in [2.05, 4.69) is 5.32 Å². The van der Waals surface area contributed by atoms with Crippen LogP contribution in [0.2, 0.25) is 10.0 Å². The largest absolute Gasteiger partial charge is 0.454 e. The highest BCUT2D eigenvalue weighted by Crippen LogP contribution is 2.36. The van der Waals surface area contributed by atoms with E-state index in [-0.39, 0.29) is 18.8 Å². The Hall–Kier alpha value is -2.54. The van der Waals surface area contributed by atoms with Crippen LogP contribution in [0, 0.1) is 0 Å². The van der Waals surface area contributed by atoms with Gasteiger partial charge in [-0.2, -0.15) is 0 Å². The minimum Gasteiger partial charge on any atom is -0.454 e. The Kier molecular flexibility index (Phi) is 5.46. The molecule has 0 aliphatic carbocycles. The summed E-state index contributed by atoms with van der Waals surface area (Å²) in [5.74, 6) is -0.219. The minimum absolute atomic E-state index is 0.0646. The Morgan fingerprint density at radius 2 is 1.85 bits per heavy atom. The maximum atomic E-state index is 12.3. The Balaban J connectivity index is 1.88. The lowest BCUT2D eigenvalue weighted by molar-refractivity contribution is -0.137. The highest BCUT2D eigenvalue weighted by Gasteiger charge is 2.31. The third-order valence-corrected chi connectivity index (χ3v) is 4.15. The summed E-state index contributed by atoms with van der Waals surface area (Å²) in [6, 6.07) is 11.8. The van der Waals surface area contributed by atoms with Crippen LogP contribution in [0.1, 0.15) is 0 Å². The zero-order valence-electron chi connectivity index (χ0n) is 13.4. The lowest BCUT2D eigenvalue weighted by atomic mass is 10.2. The van der Waals surface area contributed by atoms with Gasteiger partial charge in [-0.3, -0.25) is 14.5 Å². The van der Waals surface area contributed by atoms with Gasteiger partial charge >= 0.3 is 0 Å². The fourth-order valence-electron chi connectivity index (χ4n) is 2.39. The molecule has 2 aromatic carbocycles. The molecule has 26 heavy (non-hydrogen) atoms. The van der Waals surface area contributed by atoms with E-state index in [0.717, 1.165) is 11.0 Å². The molecule has 0 saturated carbocycles. The molecule has 0 fully saturated rings. The van der Waals surface area contributed by atoms with Crippen LogP contribution < -0.4 is 10.1 Å². The standard InChI is InChI=1S/C18H14Cl2N2O4/c19-11-5-6-16(26-15-4-2-1-3-12(15)20)13(9-11)21-14-10-17(24)22(7-8-23)18(14)25/h1-6,9-10,21,23H,7-8H2. The van der Waals surface area contributed by atoms with Gasteiger partial charge in [-0.25, -0.2) is 0 Å². The summed E-state index contributed by atoms with van der Waals surface area (Å²) in [7, 11) is 0. The van der Waals surface area contributed by atoms with Crippen molar-refractivity contribution in [2.45, 2.75) is 0 Å². The van der Waals surface area contributed by atoms with Gasteiger partial charge in [0.15, 0.2) is 5.75 Å². The van der Waals surface area contributed by atoms with Crippen molar-refractivity contribution in [1.82, 2.24) is 4.90 Å². The van der Waals surface area contributed by atoms with Crippen LogP contribution >= 0.6 is 23.2 Å². The summed E-state index contributed by atoms with van der Waals surface area (Å²) in [6.45, 7) is -0.380. The number of carbonyl (C=O) groups is 2. The number of amides is 2. The minimum atomic E-state index is -0.535. The number of rotatable bonds is 6. The maximum Gasteiger partial charge on any atom is 0.277 e. The van der Waals surface area contributed by atoms with E-state index in [4.69, 9.17) is 33.0 Å². The number of carbonyl (C=O) groups excluding carboxylic acids is 2. The van der Waals surface area contributed by atoms with Crippen LogP contribution in [0.5, 0.6) is 11.5 Å². The SMILES string of the molecule is O=C1C=C(Nc2cc(Cl)ccc2Oc2ccccc2Cl)C(=O)N1CCO. The third-order valence-electron chi connectivity index (χ3n) is 3.60. The zero-order chi connectivity index (χ0) is 18.7. The number of nitrogens with zero attached hydrogens (tertiary/aromatic N) is 1. The number of aliphatic hydroxyl groups excluding tert-OH is 1. The van der Waals surface area contributed by atoms with Crippen molar-refractivity contribution in [2.24, 2.45) is 0 Å². The molecule has 2 N–H and O–H groups in total. The molecule has 0 atom stereocenters. The van der Waals surface area contributed by atoms with Crippen molar-refractivity contribution in [3.8, 4) is 11.5 Å². The number of hydrogen-bond donors (Lipinski definition) is 2. The number of benzene rings is 2. The van der Waals surface area contributed by atoms with E-state index in [0.29, 0.717) is 27.2 Å². The molecule has 2 aromatic rings. The van der Waals surface area contributed by atoms with Crippen molar-refractivity contribution >= 4 is 40.7 Å². The first-order valence-electron chi connectivity index (χ1n) is 7.67. The smallest absolute Gasteiger partial charge is 0.277 e. The van der Waals surface area contributed by atoms with Crippen molar-refractivity contribution in [1.29, 1.82) is 0 Å². The molecule has 6 nitrogen and oxygen atoms in total. The topological polar surface area (TPSA) is 78.9 Å². The Morgan fingerprint density at radius 1 is 1.08 bits per heavy atom. The molecule has 0 unspecified atom stereocenters. The summed E-state index contributed by atoms with van der Waals surface area (Å²) in [6.07, 6.45) is 1.16. The van der Waals surface area contributed by atoms with E-state index in [1.54, 1.807) is 42.5 Å². The summed E-state index contributed by atoms with van der Waals surface area (Å²) in [5, 5.41) is 12.7. The van der Waals surface area contributed by atoms with Gasteiger partial charge in [0.25, 0.3) is 11.8 Å². The molecule has 1 heterocycles. The molecule has 2 amide bonds. The van der Waals surface area contributed by atoms with Crippen molar-refractivity contribution in [3.05, 3.63) is 64.3 Å². The van der Waals surface area contributed by atoms with Crippen LogP contribution in [0.3, 0.4) is 0 Å². The van der Waals surface area contributed by atoms with E-state index >= 15 is 0 Å². The van der Waals surface area contributed by atoms with E-state index in [1.807, 2.05) is 0 Å². The van der Waals surface area contributed by atoms with E-state index in [1.165, 1.54) is 0 Å². The van der Waals surface area contributed by atoms with Crippen LogP contribution in [0.25, 0.3) is 0 Å². The third kappa shape index (κ3) is 3.83. The zero-order valence-corrected chi connectivity index (χ0v) is 14.9. The number of β-amino-alcohol motifs (C(OH)–C–C–N with tert-alkyl or cyclic N) is 1. The number of hydrogen-bond acceptors (Lipinski definition) is 5.